The topological polar surface area (TPSA) is 66.0 Å². The Morgan fingerprint density at radius 1 is 1.07 bits per heavy atom. The molecule has 3 heterocycles. The summed E-state index contributed by atoms with van der Waals surface area (Å²) in [4.78, 5) is 34.0. The summed E-state index contributed by atoms with van der Waals surface area (Å²) in [6.07, 6.45) is 1.23. The molecule has 0 radical (unpaired) electrons. The number of carbonyl (C=O) groups excluding carboxylic acids is 2. The number of thioether (sulfide) groups is 1. The maximum absolute atomic E-state index is 12.7. The van der Waals surface area contributed by atoms with E-state index in [1.807, 2.05) is 4.90 Å². The molecular formula is C17H21F3N4O3S. The third-order valence-electron chi connectivity index (χ3n) is 4.60. The number of carbonyl (C=O) groups is 2. The number of alkyl halides is 3. The number of hydrogen-bond donors (Lipinski definition) is 0. The van der Waals surface area contributed by atoms with Crippen LogP contribution < -0.4 is 0 Å². The first-order valence-electron chi connectivity index (χ1n) is 8.91. The number of pyridine rings is 1. The van der Waals surface area contributed by atoms with Crippen LogP contribution in [0, 0.1) is 0 Å². The zero-order chi connectivity index (χ0) is 20.1. The monoisotopic (exact) mass is 418 g/mol. The zero-order valence-corrected chi connectivity index (χ0v) is 16.0. The van der Waals surface area contributed by atoms with Crippen molar-refractivity contribution in [2.24, 2.45) is 0 Å². The fourth-order valence-corrected chi connectivity index (χ4v) is 3.72. The van der Waals surface area contributed by atoms with E-state index in [0.29, 0.717) is 45.9 Å². The van der Waals surface area contributed by atoms with Crippen molar-refractivity contribution in [1.82, 2.24) is 19.7 Å². The predicted molar refractivity (Wildman–Crippen MR) is 95.9 cm³/mol. The molecule has 0 bridgehead atoms. The highest BCUT2D eigenvalue weighted by Gasteiger charge is 2.34. The molecule has 0 N–H and O–H groups in total. The second-order valence-corrected chi connectivity index (χ2v) is 7.52. The summed E-state index contributed by atoms with van der Waals surface area (Å²) in [6.45, 7) is 4.23. The van der Waals surface area contributed by atoms with Gasteiger partial charge in [-0.1, -0.05) is 0 Å². The molecule has 2 amide bonds. The Kier molecular flexibility index (Phi) is 6.78. The molecule has 0 unspecified atom stereocenters. The summed E-state index contributed by atoms with van der Waals surface area (Å²) in [7, 11) is 0. The molecule has 2 aliphatic heterocycles. The first-order chi connectivity index (χ1) is 13.3. The second kappa shape index (κ2) is 9.10. The minimum atomic E-state index is -4.52. The van der Waals surface area contributed by atoms with Gasteiger partial charge >= 0.3 is 5.51 Å². The molecule has 0 spiro atoms. The lowest BCUT2D eigenvalue weighted by atomic mass is 10.2. The molecule has 2 saturated heterocycles. The number of rotatable bonds is 4. The van der Waals surface area contributed by atoms with Crippen molar-refractivity contribution >= 4 is 23.6 Å². The van der Waals surface area contributed by atoms with Gasteiger partial charge in [-0.05, 0) is 12.1 Å². The summed E-state index contributed by atoms with van der Waals surface area (Å²) < 4.78 is 43.4. The summed E-state index contributed by atoms with van der Waals surface area (Å²) in [5.74, 6) is -0.510. The normalized spacial score (nSPS) is 19.0. The highest BCUT2D eigenvalue weighted by Crippen LogP contribution is 2.37. The van der Waals surface area contributed by atoms with Gasteiger partial charge in [-0.2, -0.15) is 13.2 Å². The standard InChI is InChI=1S/C17H21F3N4O3S/c18-17(19,20)28-15-13(2-1-3-21-15)16(26)24-6-4-23(5-7-24)14(25)12-22-8-10-27-11-9-22/h1-3H,4-12H2. The van der Waals surface area contributed by atoms with Crippen LogP contribution in [-0.2, 0) is 9.53 Å². The van der Waals surface area contributed by atoms with Crippen LogP contribution in [0.3, 0.4) is 0 Å². The predicted octanol–water partition coefficient (Wildman–Crippen LogP) is 1.31. The van der Waals surface area contributed by atoms with Gasteiger partial charge in [0.15, 0.2) is 0 Å². The Morgan fingerprint density at radius 3 is 2.36 bits per heavy atom. The van der Waals surface area contributed by atoms with Crippen molar-refractivity contribution in [1.29, 1.82) is 0 Å². The van der Waals surface area contributed by atoms with Gasteiger partial charge in [-0.25, -0.2) is 4.98 Å². The molecule has 11 heteroatoms. The summed E-state index contributed by atoms with van der Waals surface area (Å²) in [5.41, 5.74) is -4.59. The molecule has 1 aromatic rings. The molecule has 0 aromatic carbocycles. The number of morpholine rings is 1. The number of halogens is 3. The van der Waals surface area contributed by atoms with Crippen LogP contribution in [0.25, 0.3) is 0 Å². The Bertz CT molecular complexity index is 705. The molecule has 2 fully saturated rings. The Labute approximate surface area is 164 Å². The lowest BCUT2D eigenvalue weighted by Gasteiger charge is -2.36. The zero-order valence-electron chi connectivity index (χ0n) is 15.2. The van der Waals surface area contributed by atoms with Crippen LogP contribution in [0.5, 0.6) is 0 Å². The second-order valence-electron chi connectivity index (χ2n) is 6.47. The van der Waals surface area contributed by atoms with Crippen molar-refractivity contribution in [3.8, 4) is 0 Å². The van der Waals surface area contributed by atoms with E-state index in [0.717, 1.165) is 0 Å². The van der Waals surface area contributed by atoms with Crippen molar-refractivity contribution in [3.63, 3.8) is 0 Å². The largest absolute Gasteiger partial charge is 0.447 e. The molecule has 0 atom stereocenters. The number of piperazine rings is 1. The van der Waals surface area contributed by atoms with Gasteiger partial charge in [0.05, 0.1) is 25.3 Å². The Balaban J connectivity index is 1.56. The number of nitrogens with zero attached hydrogens (tertiary/aromatic N) is 4. The van der Waals surface area contributed by atoms with E-state index in [2.05, 4.69) is 4.98 Å². The van der Waals surface area contributed by atoms with Crippen LogP contribution >= 0.6 is 11.8 Å². The minimum Gasteiger partial charge on any atom is -0.379 e. The van der Waals surface area contributed by atoms with Gasteiger partial charge < -0.3 is 14.5 Å². The molecular weight excluding hydrogens is 397 g/mol. The van der Waals surface area contributed by atoms with Crippen LogP contribution in [0.4, 0.5) is 13.2 Å². The van der Waals surface area contributed by atoms with Crippen molar-refractivity contribution in [3.05, 3.63) is 23.9 Å². The summed E-state index contributed by atoms with van der Waals surface area (Å²) in [5, 5.41) is -0.356. The van der Waals surface area contributed by atoms with E-state index < -0.39 is 23.2 Å². The quantitative estimate of drug-likeness (QED) is 0.687. The minimum absolute atomic E-state index is 0.0105. The molecule has 3 rings (SSSR count). The van der Waals surface area contributed by atoms with E-state index in [1.165, 1.54) is 23.2 Å². The smallest absolute Gasteiger partial charge is 0.379 e. The summed E-state index contributed by atoms with van der Waals surface area (Å²) >= 11 is -0.394. The maximum Gasteiger partial charge on any atom is 0.447 e. The van der Waals surface area contributed by atoms with Crippen LogP contribution in [0.1, 0.15) is 10.4 Å². The lowest BCUT2D eigenvalue weighted by molar-refractivity contribution is -0.134. The van der Waals surface area contributed by atoms with Gasteiger partial charge in [0.1, 0.15) is 5.03 Å². The van der Waals surface area contributed by atoms with Gasteiger partial charge in [-0.15, -0.1) is 0 Å². The Hall–Kier alpha value is -1.85. The van der Waals surface area contributed by atoms with E-state index in [-0.39, 0.29) is 29.6 Å². The molecule has 28 heavy (non-hydrogen) atoms. The molecule has 7 nitrogen and oxygen atoms in total. The van der Waals surface area contributed by atoms with Gasteiger partial charge in [0, 0.05) is 57.2 Å². The van der Waals surface area contributed by atoms with E-state index in [4.69, 9.17) is 4.74 Å². The van der Waals surface area contributed by atoms with Gasteiger partial charge in [0.2, 0.25) is 5.91 Å². The maximum atomic E-state index is 12.7. The van der Waals surface area contributed by atoms with Crippen molar-refractivity contribution < 1.29 is 27.5 Å². The van der Waals surface area contributed by atoms with Crippen LogP contribution in [0.2, 0.25) is 0 Å². The summed E-state index contributed by atoms with van der Waals surface area (Å²) in [6, 6.07) is 2.79. The van der Waals surface area contributed by atoms with Crippen LogP contribution in [0.15, 0.2) is 23.4 Å². The third kappa shape index (κ3) is 5.58. The third-order valence-corrected chi connectivity index (χ3v) is 5.35. The molecule has 1 aromatic heterocycles. The van der Waals surface area contributed by atoms with Gasteiger partial charge in [0.25, 0.3) is 5.91 Å². The molecule has 0 saturated carbocycles. The van der Waals surface area contributed by atoms with Crippen LogP contribution in [-0.4, -0.2) is 96.0 Å². The van der Waals surface area contributed by atoms with Crippen molar-refractivity contribution in [2.45, 2.75) is 10.5 Å². The first kappa shape index (κ1) is 20.9. The lowest BCUT2D eigenvalue weighted by Crippen LogP contribution is -2.53. The average molecular weight is 418 g/mol. The van der Waals surface area contributed by atoms with E-state index in [1.54, 1.807) is 4.90 Å². The van der Waals surface area contributed by atoms with E-state index >= 15 is 0 Å². The van der Waals surface area contributed by atoms with Gasteiger partial charge in [-0.3, -0.25) is 14.5 Å². The SMILES string of the molecule is O=C(CN1CCOCC1)N1CCN(C(=O)c2cccnc2SC(F)(F)F)CC1. The first-order valence-corrected chi connectivity index (χ1v) is 9.73. The highest BCUT2D eigenvalue weighted by atomic mass is 32.2. The average Bonchev–Trinajstić information content (AvgIpc) is 2.67. The molecule has 0 aliphatic carbocycles. The fraction of sp³-hybridized carbons (Fsp3) is 0.588. The number of ether oxygens (including phenoxy) is 1. The Morgan fingerprint density at radius 2 is 1.71 bits per heavy atom. The number of hydrogen-bond acceptors (Lipinski definition) is 6. The van der Waals surface area contributed by atoms with Crippen molar-refractivity contribution in [2.75, 3.05) is 59.0 Å². The van der Waals surface area contributed by atoms with E-state index in [9.17, 15) is 22.8 Å². The fourth-order valence-electron chi connectivity index (χ4n) is 3.12. The molecule has 154 valence electrons. The molecule has 2 aliphatic rings. The number of aromatic nitrogens is 1. The number of amides is 2. The highest BCUT2D eigenvalue weighted by molar-refractivity contribution is 8.00.